The number of ether oxygens (including phenoxy) is 1. The summed E-state index contributed by atoms with van der Waals surface area (Å²) >= 11 is 0. The van der Waals surface area contributed by atoms with E-state index in [1.807, 2.05) is 0 Å². The van der Waals surface area contributed by atoms with E-state index in [2.05, 4.69) is 11.3 Å². The van der Waals surface area contributed by atoms with Crippen molar-refractivity contribution in [2.24, 2.45) is 0 Å². The highest BCUT2D eigenvalue weighted by Gasteiger charge is 1.91. The number of aliphatic hydroxyl groups excluding tert-OH is 1. The highest BCUT2D eigenvalue weighted by atomic mass is 16.5. The normalized spacial score (nSPS) is 13.4. The molecule has 0 aromatic carbocycles. The zero-order valence-corrected chi connectivity index (χ0v) is 4.42. The lowest BCUT2D eigenvalue weighted by Gasteiger charge is -1.99. The van der Waals surface area contributed by atoms with E-state index >= 15 is 0 Å². The molecule has 0 aromatic rings. The molecule has 0 aliphatic heterocycles. The van der Waals surface area contributed by atoms with Crippen molar-refractivity contribution in [1.82, 2.24) is 0 Å². The van der Waals surface area contributed by atoms with E-state index in [1.54, 1.807) is 0 Å². The van der Waals surface area contributed by atoms with Gasteiger partial charge in [0, 0.05) is 7.11 Å². The van der Waals surface area contributed by atoms with Crippen LogP contribution in [0.3, 0.4) is 0 Å². The summed E-state index contributed by atoms with van der Waals surface area (Å²) in [5.74, 6) is 0. The number of hydrogen-bond acceptors (Lipinski definition) is 2. The van der Waals surface area contributed by atoms with E-state index in [0.717, 1.165) is 0 Å². The van der Waals surface area contributed by atoms with Crippen LogP contribution >= 0.6 is 0 Å². The van der Waals surface area contributed by atoms with Gasteiger partial charge in [-0.3, -0.25) is 0 Å². The van der Waals surface area contributed by atoms with Gasteiger partial charge in [-0.05, 0) is 0 Å². The van der Waals surface area contributed by atoms with Crippen LogP contribution in [0.25, 0.3) is 0 Å². The summed E-state index contributed by atoms with van der Waals surface area (Å²) in [6.07, 6.45) is 0.925. The predicted octanol–water partition coefficient (Wildman–Crippen LogP) is 0.180. The summed E-state index contributed by atoms with van der Waals surface area (Å²) in [6, 6.07) is 0. The third kappa shape index (κ3) is 3.49. The fraction of sp³-hybridized carbons (Fsp3) is 0.600. The third-order valence-corrected chi connectivity index (χ3v) is 0.610. The van der Waals surface area contributed by atoms with Crippen LogP contribution in [0.4, 0.5) is 0 Å². The molecule has 7 heavy (non-hydrogen) atoms. The fourth-order valence-corrected chi connectivity index (χ4v) is 0.239. The van der Waals surface area contributed by atoms with Crippen molar-refractivity contribution in [3.8, 4) is 0 Å². The highest BCUT2D eigenvalue weighted by molar-refractivity contribution is 4.76. The molecule has 0 bridgehead atoms. The van der Waals surface area contributed by atoms with Crippen LogP contribution in [0, 0.1) is 0 Å². The van der Waals surface area contributed by atoms with Gasteiger partial charge < -0.3 is 9.84 Å². The molecule has 0 aliphatic rings. The van der Waals surface area contributed by atoms with Crippen molar-refractivity contribution in [3.63, 3.8) is 0 Å². The van der Waals surface area contributed by atoms with E-state index < -0.39 is 6.10 Å². The molecule has 0 heterocycles. The number of hydrogen-bond donors (Lipinski definition) is 1. The molecule has 0 spiro atoms. The minimum absolute atomic E-state index is 0.337. The maximum atomic E-state index is 8.61. The average molecular weight is 102 g/mol. The molecule has 0 unspecified atom stereocenters. The average Bonchev–Trinajstić information content (AvgIpc) is 1.68. The summed E-state index contributed by atoms with van der Waals surface area (Å²) in [7, 11) is 1.53. The van der Waals surface area contributed by atoms with Crippen LogP contribution in [0.5, 0.6) is 0 Å². The molecule has 0 saturated heterocycles. The Hall–Kier alpha value is -0.340. The van der Waals surface area contributed by atoms with Gasteiger partial charge in [-0.1, -0.05) is 6.08 Å². The molecule has 0 fully saturated rings. The van der Waals surface area contributed by atoms with Gasteiger partial charge >= 0.3 is 0 Å². The molecule has 0 rings (SSSR count). The van der Waals surface area contributed by atoms with E-state index in [-0.39, 0.29) is 0 Å². The molecule has 2 nitrogen and oxygen atoms in total. The smallest absolute Gasteiger partial charge is 0.0951 e. The van der Waals surface area contributed by atoms with Gasteiger partial charge in [-0.15, -0.1) is 6.58 Å². The van der Waals surface area contributed by atoms with Gasteiger partial charge in [0.1, 0.15) is 0 Å². The highest BCUT2D eigenvalue weighted by Crippen LogP contribution is 1.80. The lowest BCUT2D eigenvalue weighted by molar-refractivity contribution is 0.0935. The first-order valence-electron chi connectivity index (χ1n) is 2.10. The lowest BCUT2D eigenvalue weighted by Crippen LogP contribution is -2.08. The predicted molar refractivity (Wildman–Crippen MR) is 28.1 cm³/mol. The van der Waals surface area contributed by atoms with E-state index in [0.29, 0.717) is 6.61 Å². The Labute approximate surface area is 43.4 Å². The second-order valence-corrected chi connectivity index (χ2v) is 1.26. The lowest BCUT2D eigenvalue weighted by atomic mass is 10.4. The Bertz CT molecular complexity index is 52.0. The topological polar surface area (TPSA) is 29.5 Å². The quantitative estimate of drug-likeness (QED) is 0.515. The SMILES string of the molecule is C=C[C@H](O)COC. The molecule has 0 saturated carbocycles. The summed E-state index contributed by atoms with van der Waals surface area (Å²) in [6.45, 7) is 3.69. The molecule has 42 valence electrons. The van der Waals surface area contributed by atoms with Crippen LogP contribution in [-0.4, -0.2) is 24.9 Å². The Kier molecular flexibility index (Phi) is 3.65. The monoisotopic (exact) mass is 102 g/mol. The maximum absolute atomic E-state index is 8.61. The third-order valence-electron chi connectivity index (χ3n) is 0.610. The molecule has 0 aliphatic carbocycles. The van der Waals surface area contributed by atoms with Crippen LogP contribution in [0.2, 0.25) is 0 Å². The molecular formula is C5H10O2. The molecular weight excluding hydrogens is 92.1 g/mol. The standard InChI is InChI=1S/C5H10O2/c1-3-5(6)4-7-2/h3,5-6H,1,4H2,2H3/t5-/m0/s1. The Morgan fingerprint density at radius 1 is 2.00 bits per heavy atom. The van der Waals surface area contributed by atoms with Gasteiger partial charge in [-0.2, -0.15) is 0 Å². The van der Waals surface area contributed by atoms with Crippen molar-refractivity contribution in [1.29, 1.82) is 0 Å². The van der Waals surface area contributed by atoms with Crippen LogP contribution in [0.1, 0.15) is 0 Å². The number of methoxy groups -OCH3 is 1. The first kappa shape index (κ1) is 6.66. The Morgan fingerprint density at radius 2 is 2.57 bits per heavy atom. The second kappa shape index (κ2) is 3.84. The fourth-order valence-electron chi connectivity index (χ4n) is 0.239. The van der Waals surface area contributed by atoms with Crippen LogP contribution < -0.4 is 0 Å². The van der Waals surface area contributed by atoms with Crippen LogP contribution in [-0.2, 0) is 4.74 Å². The molecule has 0 radical (unpaired) electrons. The van der Waals surface area contributed by atoms with E-state index in [9.17, 15) is 0 Å². The van der Waals surface area contributed by atoms with Crippen LogP contribution in [0.15, 0.2) is 12.7 Å². The molecule has 0 aromatic heterocycles. The summed E-state index contributed by atoms with van der Waals surface area (Å²) in [5, 5.41) is 8.61. The summed E-state index contributed by atoms with van der Waals surface area (Å²) < 4.78 is 4.57. The minimum Gasteiger partial charge on any atom is -0.387 e. The van der Waals surface area contributed by atoms with Gasteiger partial charge in [0.2, 0.25) is 0 Å². The molecule has 1 N–H and O–H groups in total. The van der Waals surface area contributed by atoms with Crippen molar-refractivity contribution >= 4 is 0 Å². The summed E-state index contributed by atoms with van der Waals surface area (Å²) in [4.78, 5) is 0. The Morgan fingerprint density at radius 3 is 2.71 bits per heavy atom. The van der Waals surface area contributed by atoms with Gasteiger partial charge in [0.15, 0.2) is 0 Å². The minimum atomic E-state index is -0.509. The van der Waals surface area contributed by atoms with Crippen molar-refractivity contribution in [2.75, 3.05) is 13.7 Å². The van der Waals surface area contributed by atoms with Gasteiger partial charge in [-0.25, -0.2) is 0 Å². The van der Waals surface area contributed by atoms with Crippen molar-refractivity contribution in [3.05, 3.63) is 12.7 Å². The van der Waals surface area contributed by atoms with E-state index in [4.69, 9.17) is 5.11 Å². The Balaban J connectivity index is 2.98. The van der Waals surface area contributed by atoms with Gasteiger partial charge in [0.05, 0.1) is 12.7 Å². The number of aliphatic hydroxyl groups is 1. The summed E-state index contributed by atoms with van der Waals surface area (Å²) in [5.41, 5.74) is 0. The van der Waals surface area contributed by atoms with E-state index in [1.165, 1.54) is 13.2 Å². The number of rotatable bonds is 3. The zero-order chi connectivity index (χ0) is 5.70. The van der Waals surface area contributed by atoms with Crippen molar-refractivity contribution < 1.29 is 9.84 Å². The largest absolute Gasteiger partial charge is 0.387 e. The first-order chi connectivity index (χ1) is 3.31. The van der Waals surface area contributed by atoms with Crippen molar-refractivity contribution in [2.45, 2.75) is 6.10 Å². The molecule has 2 heteroatoms. The first-order valence-corrected chi connectivity index (χ1v) is 2.10. The second-order valence-electron chi connectivity index (χ2n) is 1.26. The zero-order valence-electron chi connectivity index (χ0n) is 4.42. The maximum Gasteiger partial charge on any atom is 0.0951 e. The molecule has 0 amide bonds. The van der Waals surface area contributed by atoms with Gasteiger partial charge in [0.25, 0.3) is 0 Å². The molecule has 1 atom stereocenters.